The van der Waals surface area contributed by atoms with E-state index in [4.69, 9.17) is 9.47 Å². The molecular weight excluding hydrogens is 305 g/mol. The molecule has 0 amide bonds. The van der Waals surface area contributed by atoms with Crippen LogP contribution in [0, 0.1) is 6.92 Å². The molecule has 22 heavy (non-hydrogen) atoms. The lowest BCUT2D eigenvalue weighted by molar-refractivity contribution is -0.157. The zero-order chi connectivity index (χ0) is 16.9. The Labute approximate surface area is 124 Å². The predicted octanol–water partition coefficient (Wildman–Crippen LogP) is 2.01. The maximum Gasteiger partial charge on any atom is 0.435 e. The Morgan fingerprint density at radius 2 is 1.64 bits per heavy atom. The molecule has 0 spiro atoms. The predicted molar refractivity (Wildman–Crippen MR) is 67.8 cm³/mol. The zero-order valence-electron chi connectivity index (χ0n) is 12.2. The molecular formula is C13H15F3N2O4. The van der Waals surface area contributed by atoms with Crippen molar-refractivity contribution >= 4 is 11.9 Å². The van der Waals surface area contributed by atoms with Crippen LogP contribution in [0.4, 0.5) is 13.2 Å². The van der Waals surface area contributed by atoms with Gasteiger partial charge in [0.25, 0.3) is 0 Å². The fourth-order valence-corrected chi connectivity index (χ4v) is 1.69. The highest BCUT2D eigenvalue weighted by Gasteiger charge is 2.38. The maximum atomic E-state index is 12.6. The van der Waals surface area contributed by atoms with Crippen LogP contribution in [0.2, 0.25) is 0 Å². The van der Waals surface area contributed by atoms with E-state index in [1.165, 1.54) is 20.8 Å². The van der Waals surface area contributed by atoms with Crippen LogP contribution in [-0.2, 0) is 25.2 Å². The molecule has 0 fully saturated rings. The Hall–Kier alpha value is -2.19. The molecule has 0 unspecified atom stereocenters. The standard InChI is InChI=1S/C13H15F3N2O4/c1-4-21-11(19)9(12(20)22-5-2)10-7(3)6-8(17-18-10)13(14,15)16/h6,9H,4-5H2,1-3H3. The second-order valence-electron chi connectivity index (χ2n) is 4.23. The summed E-state index contributed by atoms with van der Waals surface area (Å²) in [7, 11) is 0. The van der Waals surface area contributed by atoms with Crippen molar-refractivity contribution in [1.29, 1.82) is 0 Å². The number of carbonyl (C=O) groups excluding carboxylic acids is 2. The summed E-state index contributed by atoms with van der Waals surface area (Å²) in [5.74, 6) is -3.45. The van der Waals surface area contributed by atoms with Crippen molar-refractivity contribution in [3.05, 3.63) is 23.0 Å². The summed E-state index contributed by atoms with van der Waals surface area (Å²) >= 11 is 0. The minimum absolute atomic E-state index is 0.00183. The monoisotopic (exact) mass is 320 g/mol. The van der Waals surface area contributed by atoms with E-state index >= 15 is 0 Å². The first-order valence-electron chi connectivity index (χ1n) is 6.47. The highest BCUT2D eigenvalue weighted by molar-refractivity contribution is 6.00. The molecule has 0 radical (unpaired) electrons. The molecule has 0 N–H and O–H groups in total. The average Bonchev–Trinajstić information content (AvgIpc) is 2.40. The van der Waals surface area contributed by atoms with Crippen molar-refractivity contribution in [2.24, 2.45) is 0 Å². The van der Waals surface area contributed by atoms with Gasteiger partial charge in [-0.3, -0.25) is 9.59 Å². The quantitative estimate of drug-likeness (QED) is 0.610. The van der Waals surface area contributed by atoms with Crippen LogP contribution in [0.25, 0.3) is 0 Å². The Morgan fingerprint density at radius 3 is 2.00 bits per heavy atom. The van der Waals surface area contributed by atoms with Crippen molar-refractivity contribution in [2.75, 3.05) is 13.2 Å². The fraction of sp³-hybridized carbons (Fsp3) is 0.538. The second-order valence-corrected chi connectivity index (χ2v) is 4.23. The van der Waals surface area contributed by atoms with E-state index in [-0.39, 0.29) is 24.5 Å². The van der Waals surface area contributed by atoms with Crippen LogP contribution in [0.3, 0.4) is 0 Å². The summed E-state index contributed by atoms with van der Waals surface area (Å²) < 4.78 is 47.2. The summed E-state index contributed by atoms with van der Waals surface area (Å²) in [4.78, 5) is 23.8. The number of hydrogen-bond acceptors (Lipinski definition) is 6. The van der Waals surface area contributed by atoms with Gasteiger partial charge in [-0.05, 0) is 32.4 Å². The molecule has 1 aromatic heterocycles. The lowest BCUT2D eigenvalue weighted by atomic mass is 10.0. The van der Waals surface area contributed by atoms with Crippen LogP contribution in [0.1, 0.15) is 36.7 Å². The van der Waals surface area contributed by atoms with E-state index < -0.39 is 29.7 Å². The number of halogens is 3. The molecule has 0 aliphatic rings. The van der Waals surface area contributed by atoms with E-state index in [0.717, 1.165) is 0 Å². The van der Waals surface area contributed by atoms with Gasteiger partial charge in [-0.25, -0.2) is 0 Å². The van der Waals surface area contributed by atoms with Gasteiger partial charge in [-0.15, -0.1) is 5.10 Å². The lowest BCUT2D eigenvalue weighted by Crippen LogP contribution is -2.28. The number of aromatic nitrogens is 2. The molecule has 0 aromatic carbocycles. The normalized spacial score (nSPS) is 11.4. The number of alkyl halides is 3. The molecule has 9 heteroatoms. The van der Waals surface area contributed by atoms with E-state index in [0.29, 0.717) is 6.07 Å². The molecule has 122 valence electrons. The first kappa shape index (κ1) is 17.9. The minimum Gasteiger partial charge on any atom is -0.465 e. The number of esters is 2. The zero-order valence-corrected chi connectivity index (χ0v) is 12.2. The van der Waals surface area contributed by atoms with Crippen LogP contribution in [0.15, 0.2) is 6.07 Å². The van der Waals surface area contributed by atoms with E-state index in [2.05, 4.69) is 10.2 Å². The molecule has 0 atom stereocenters. The lowest BCUT2D eigenvalue weighted by Gasteiger charge is -2.16. The number of nitrogens with zero attached hydrogens (tertiary/aromatic N) is 2. The van der Waals surface area contributed by atoms with Crippen LogP contribution in [0.5, 0.6) is 0 Å². The number of hydrogen-bond donors (Lipinski definition) is 0. The minimum atomic E-state index is -4.67. The molecule has 1 heterocycles. The molecule has 0 saturated heterocycles. The van der Waals surface area contributed by atoms with Crippen molar-refractivity contribution in [2.45, 2.75) is 32.9 Å². The molecule has 1 aromatic rings. The SMILES string of the molecule is CCOC(=O)C(C(=O)OCC)c1nnc(C(F)(F)F)cc1C. The second kappa shape index (κ2) is 7.19. The first-order valence-corrected chi connectivity index (χ1v) is 6.47. The number of ether oxygens (including phenoxy) is 2. The van der Waals surface area contributed by atoms with Crippen LogP contribution < -0.4 is 0 Å². The van der Waals surface area contributed by atoms with Gasteiger partial charge in [0.15, 0.2) is 11.6 Å². The summed E-state index contributed by atoms with van der Waals surface area (Å²) in [6, 6.07) is 0.716. The highest BCUT2D eigenvalue weighted by atomic mass is 19.4. The van der Waals surface area contributed by atoms with Gasteiger partial charge in [0.1, 0.15) is 0 Å². The molecule has 0 aliphatic carbocycles. The van der Waals surface area contributed by atoms with Crippen molar-refractivity contribution in [3.8, 4) is 0 Å². The maximum absolute atomic E-state index is 12.6. The summed E-state index contributed by atoms with van der Waals surface area (Å²) in [5.41, 5.74) is -1.43. The van der Waals surface area contributed by atoms with Gasteiger partial charge in [-0.2, -0.15) is 18.3 Å². The van der Waals surface area contributed by atoms with E-state index in [9.17, 15) is 22.8 Å². The van der Waals surface area contributed by atoms with Crippen molar-refractivity contribution in [3.63, 3.8) is 0 Å². The fourth-order valence-electron chi connectivity index (χ4n) is 1.69. The topological polar surface area (TPSA) is 78.4 Å². The van der Waals surface area contributed by atoms with Crippen molar-refractivity contribution < 1.29 is 32.2 Å². The van der Waals surface area contributed by atoms with Gasteiger partial charge < -0.3 is 9.47 Å². The van der Waals surface area contributed by atoms with Gasteiger partial charge in [0.05, 0.1) is 18.9 Å². The third kappa shape index (κ3) is 4.15. The van der Waals surface area contributed by atoms with Gasteiger partial charge in [-0.1, -0.05) is 0 Å². The molecule has 1 rings (SSSR count). The number of rotatable bonds is 5. The van der Waals surface area contributed by atoms with Gasteiger partial charge in [0.2, 0.25) is 0 Å². The summed E-state index contributed by atoms with van der Waals surface area (Å²) in [5, 5.41) is 6.41. The Bertz CT molecular complexity index is 543. The molecule has 6 nitrogen and oxygen atoms in total. The smallest absolute Gasteiger partial charge is 0.435 e. The largest absolute Gasteiger partial charge is 0.465 e. The van der Waals surface area contributed by atoms with Crippen LogP contribution in [-0.4, -0.2) is 35.3 Å². The number of aryl methyl sites for hydroxylation is 1. The number of carbonyl (C=O) groups is 2. The molecule has 0 bridgehead atoms. The van der Waals surface area contributed by atoms with E-state index in [1.807, 2.05) is 0 Å². The Morgan fingerprint density at radius 1 is 1.14 bits per heavy atom. The Kier molecular flexibility index (Phi) is 5.84. The Balaban J connectivity index is 3.25. The third-order valence-corrected chi connectivity index (χ3v) is 2.63. The first-order chi connectivity index (χ1) is 10.2. The van der Waals surface area contributed by atoms with Gasteiger partial charge >= 0.3 is 18.1 Å². The third-order valence-electron chi connectivity index (χ3n) is 2.63. The molecule has 0 saturated carbocycles. The molecule has 0 aliphatic heterocycles. The highest BCUT2D eigenvalue weighted by Crippen LogP contribution is 2.29. The summed E-state index contributed by atoms with van der Waals surface area (Å²) in [6.07, 6.45) is -4.67. The van der Waals surface area contributed by atoms with E-state index in [1.54, 1.807) is 0 Å². The van der Waals surface area contributed by atoms with Crippen LogP contribution >= 0.6 is 0 Å². The van der Waals surface area contributed by atoms with Crippen molar-refractivity contribution in [1.82, 2.24) is 10.2 Å². The van der Waals surface area contributed by atoms with Gasteiger partial charge in [0, 0.05) is 0 Å². The average molecular weight is 320 g/mol. The summed E-state index contributed by atoms with van der Waals surface area (Å²) in [6.45, 7) is 4.37.